The van der Waals surface area contributed by atoms with Crippen LogP contribution < -0.4 is 9.62 Å². The SMILES string of the molecule is C[C@H](CNS(=O)(=O)N(C)C1CCCCC1)N(C)c1ccccc1. The van der Waals surface area contributed by atoms with Crippen molar-refractivity contribution in [2.45, 2.75) is 51.1 Å². The van der Waals surface area contributed by atoms with Gasteiger partial charge in [-0.3, -0.25) is 0 Å². The first kappa shape index (κ1) is 18.2. The van der Waals surface area contributed by atoms with Crippen molar-refractivity contribution in [3.05, 3.63) is 30.3 Å². The number of hydrogen-bond donors (Lipinski definition) is 1. The van der Waals surface area contributed by atoms with E-state index in [0.717, 1.165) is 31.4 Å². The van der Waals surface area contributed by atoms with Crippen molar-refractivity contribution in [3.63, 3.8) is 0 Å². The van der Waals surface area contributed by atoms with Crippen LogP contribution in [0, 0.1) is 0 Å². The summed E-state index contributed by atoms with van der Waals surface area (Å²) in [6, 6.07) is 10.2. The zero-order valence-electron chi connectivity index (χ0n) is 14.4. The van der Waals surface area contributed by atoms with Gasteiger partial charge >= 0.3 is 0 Å². The molecule has 0 radical (unpaired) electrons. The van der Waals surface area contributed by atoms with Crippen LogP contribution in [0.2, 0.25) is 0 Å². The average Bonchev–Trinajstić information content (AvgIpc) is 2.60. The van der Waals surface area contributed by atoms with Crippen molar-refractivity contribution in [2.24, 2.45) is 0 Å². The summed E-state index contributed by atoms with van der Waals surface area (Å²) >= 11 is 0. The van der Waals surface area contributed by atoms with Crippen LogP contribution in [0.25, 0.3) is 0 Å². The monoisotopic (exact) mass is 339 g/mol. The summed E-state index contributed by atoms with van der Waals surface area (Å²) in [6.45, 7) is 2.42. The van der Waals surface area contributed by atoms with E-state index in [1.165, 1.54) is 10.7 Å². The molecule has 5 nitrogen and oxygen atoms in total. The smallest absolute Gasteiger partial charge is 0.279 e. The molecule has 0 spiro atoms. The van der Waals surface area contributed by atoms with E-state index in [9.17, 15) is 8.42 Å². The van der Waals surface area contributed by atoms with E-state index in [0.29, 0.717) is 6.54 Å². The maximum absolute atomic E-state index is 12.5. The second-order valence-corrected chi connectivity index (χ2v) is 8.27. The number of nitrogens with one attached hydrogen (secondary N) is 1. The van der Waals surface area contributed by atoms with Crippen LogP contribution in [0.4, 0.5) is 5.69 Å². The topological polar surface area (TPSA) is 52.7 Å². The lowest BCUT2D eigenvalue weighted by molar-refractivity contribution is 0.282. The second-order valence-electron chi connectivity index (χ2n) is 6.46. The van der Waals surface area contributed by atoms with E-state index in [2.05, 4.69) is 9.62 Å². The van der Waals surface area contributed by atoms with Gasteiger partial charge in [0, 0.05) is 38.4 Å². The number of benzene rings is 1. The summed E-state index contributed by atoms with van der Waals surface area (Å²) in [6.07, 6.45) is 5.40. The predicted octanol–water partition coefficient (Wildman–Crippen LogP) is 2.61. The zero-order valence-corrected chi connectivity index (χ0v) is 15.2. The van der Waals surface area contributed by atoms with E-state index < -0.39 is 10.2 Å². The van der Waals surface area contributed by atoms with Gasteiger partial charge in [-0.2, -0.15) is 12.7 Å². The molecule has 1 fully saturated rings. The molecule has 6 heteroatoms. The third-order valence-corrected chi connectivity index (χ3v) is 6.44. The summed E-state index contributed by atoms with van der Waals surface area (Å²) in [7, 11) is 0.270. The van der Waals surface area contributed by atoms with Crippen LogP contribution in [0.1, 0.15) is 39.0 Å². The summed E-state index contributed by atoms with van der Waals surface area (Å²) in [5.74, 6) is 0. The molecule has 0 aromatic heterocycles. The normalized spacial score (nSPS) is 18.1. The fourth-order valence-corrected chi connectivity index (χ4v) is 4.28. The molecule has 0 amide bonds. The van der Waals surface area contributed by atoms with Gasteiger partial charge in [0.1, 0.15) is 0 Å². The van der Waals surface area contributed by atoms with Crippen molar-refractivity contribution in [1.82, 2.24) is 9.03 Å². The molecule has 130 valence electrons. The molecule has 1 aromatic carbocycles. The number of nitrogens with zero attached hydrogens (tertiary/aromatic N) is 2. The number of likely N-dealkylation sites (N-methyl/N-ethyl adjacent to an activating group) is 1. The van der Waals surface area contributed by atoms with E-state index >= 15 is 0 Å². The third-order valence-electron chi connectivity index (χ3n) is 4.85. The van der Waals surface area contributed by atoms with Crippen LogP contribution in [0.5, 0.6) is 0 Å². The Kier molecular flexibility index (Phi) is 6.44. The average molecular weight is 340 g/mol. The molecule has 0 bridgehead atoms. The molecule has 0 aliphatic heterocycles. The van der Waals surface area contributed by atoms with Crippen molar-refractivity contribution in [1.29, 1.82) is 0 Å². The summed E-state index contributed by atoms with van der Waals surface area (Å²) in [5.41, 5.74) is 1.08. The van der Waals surface area contributed by atoms with Gasteiger partial charge in [-0.05, 0) is 31.9 Å². The molecular formula is C17H29N3O2S. The maximum atomic E-state index is 12.5. The van der Waals surface area contributed by atoms with Gasteiger partial charge in [0.15, 0.2) is 0 Å². The van der Waals surface area contributed by atoms with Crippen molar-refractivity contribution >= 4 is 15.9 Å². The van der Waals surface area contributed by atoms with Gasteiger partial charge in [-0.1, -0.05) is 37.5 Å². The van der Waals surface area contributed by atoms with E-state index in [1.807, 2.05) is 44.3 Å². The summed E-state index contributed by atoms with van der Waals surface area (Å²) < 4.78 is 29.3. The van der Waals surface area contributed by atoms with Crippen LogP contribution in [-0.4, -0.2) is 45.4 Å². The van der Waals surface area contributed by atoms with Gasteiger partial charge in [-0.15, -0.1) is 0 Å². The number of hydrogen-bond acceptors (Lipinski definition) is 3. The van der Waals surface area contributed by atoms with Gasteiger partial charge in [0.25, 0.3) is 10.2 Å². The molecule has 1 N–H and O–H groups in total. The molecule has 1 aliphatic carbocycles. The highest BCUT2D eigenvalue weighted by molar-refractivity contribution is 7.87. The molecule has 2 rings (SSSR count). The molecular weight excluding hydrogens is 310 g/mol. The molecule has 1 atom stereocenters. The van der Waals surface area contributed by atoms with Gasteiger partial charge in [0.05, 0.1) is 0 Å². The molecule has 23 heavy (non-hydrogen) atoms. The van der Waals surface area contributed by atoms with Crippen LogP contribution >= 0.6 is 0 Å². The minimum absolute atomic E-state index is 0.0759. The molecule has 1 aliphatic rings. The third kappa shape index (κ3) is 4.93. The fraction of sp³-hybridized carbons (Fsp3) is 0.647. The highest BCUT2D eigenvalue weighted by Crippen LogP contribution is 2.23. The first-order valence-electron chi connectivity index (χ1n) is 8.42. The Labute approximate surface area is 140 Å². The lowest BCUT2D eigenvalue weighted by Gasteiger charge is -2.32. The van der Waals surface area contributed by atoms with Gasteiger partial charge in [0.2, 0.25) is 0 Å². The quantitative estimate of drug-likeness (QED) is 0.831. The van der Waals surface area contributed by atoms with Crippen LogP contribution in [0.15, 0.2) is 30.3 Å². The minimum atomic E-state index is -3.41. The highest BCUT2D eigenvalue weighted by atomic mass is 32.2. The lowest BCUT2D eigenvalue weighted by atomic mass is 9.96. The van der Waals surface area contributed by atoms with E-state index in [-0.39, 0.29) is 12.1 Å². The number of rotatable bonds is 7. The molecule has 1 aromatic rings. The molecule has 0 unspecified atom stereocenters. The Bertz CT molecular complexity index is 571. The predicted molar refractivity (Wildman–Crippen MR) is 95.9 cm³/mol. The van der Waals surface area contributed by atoms with Crippen molar-refractivity contribution in [3.8, 4) is 0 Å². The highest BCUT2D eigenvalue weighted by Gasteiger charge is 2.27. The first-order valence-corrected chi connectivity index (χ1v) is 9.86. The van der Waals surface area contributed by atoms with Crippen molar-refractivity contribution < 1.29 is 8.42 Å². The largest absolute Gasteiger partial charge is 0.371 e. The standard InChI is InChI=1S/C17H29N3O2S/c1-15(19(2)16-10-6-4-7-11-16)14-18-23(21,22)20(3)17-12-8-5-9-13-17/h4,6-7,10-11,15,17-18H,5,8-9,12-14H2,1-3H3/t15-/m1/s1. The zero-order chi connectivity index (χ0) is 16.9. The minimum Gasteiger partial charge on any atom is -0.371 e. The van der Waals surface area contributed by atoms with Gasteiger partial charge < -0.3 is 4.90 Å². The summed E-state index contributed by atoms with van der Waals surface area (Å²) in [5, 5.41) is 0. The lowest BCUT2D eigenvalue weighted by Crippen LogP contribution is -2.48. The van der Waals surface area contributed by atoms with E-state index in [4.69, 9.17) is 0 Å². The Hall–Kier alpha value is -1.11. The van der Waals surface area contributed by atoms with Crippen LogP contribution in [0.3, 0.4) is 0 Å². The second kappa shape index (κ2) is 8.13. The number of anilines is 1. The van der Waals surface area contributed by atoms with Crippen molar-refractivity contribution in [2.75, 3.05) is 25.5 Å². The fourth-order valence-electron chi connectivity index (χ4n) is 3.02. The summed E-state index contributed by atoms with van der Waals surface area (Å²) in [4.78, 5) is 2.09. The Morgan fingerprint density at radius 1 is 1.13 bits per heavy atom. The van der Waals surface area contributed by atoms with Gasteiger partial charge in [-0.25, -0.2) is 4.72 Å². The first-order chi connectivity index (χ1) is 10.9. The maximum Gasteiger partial charge on any atom is 0.279 e. The number of para-hydroxylation sites is 1. The molecule has 0 heterocycles. The Morgan fingerprint density at radius 2 is 1.74 bits per heavy atom. The van der Waals surface area contributed by atoms with E-state index in [1.54, 1.807) is 7.05 Å². The molecule has 1 saturated carbocycles. The Morgan fingerprint density at radius 3 is 2.35 bits per heavy atom. The molecule has 0 saturated heterocycles. The Balaban J connectivity index is 1.90. The van der Waals surface area contributed by atoms with Crippen LogP contribution in [-0.2, 0) is 10.2 Å².